The largest absolute Gasteiger partial charge is 0.496 e. The topological polar surface area (TPSA) is 88.5 Å². The minimum Gasteiger partial charge on any atom is -0.496 e. The summed E-state index contributed by atoms with van der Waals surface area (Å²) in [6, 6.07) is 33.4. The first-order valence-electron chi connectivity index (χ1n) is 16.3. The molecule has 6 rings (SSSR count). The van der Waals surface area contributed by atoms with Crippen LogP contribution in [0.3, 0.4) is 0 Å². The van der Waals surface area contributed by atoms with Crippen molar-refractivity contribution in [1.82, 2.24) is 0 Å². The van der Waals surface area contributed by atoms with E-state index in [-0.39, 0.29) is 11.8 Å². The fourth-order valence-electron chi connectivity index (χ4n) is 6.22. The summed E-state index contributed by atoms with van der Waals surface area (Å²) in [5.74, 6) is 0.807. The van der Waals surface area contributed by atoms with E-state index < -0.39 is 24.1 Å². The smallest absolute Gasteiger partial charge is 0.258 e. The van der Waals surface area contributed by atoms with E-state index in [2.05, 4.69) is 18.2 Å². The van der Waals surface area contributed by atoms with Crippen molar-refractivity contribution in [2.75, 3.05) is 12.0 Å². The van der Waals surface area contributed by atoms with Crippen molar-refractivity contribution >= 4 is 22.4 Å². The molecule has 5 aromatic rings. The Morgan fingerprint density at radius 3 is 2.29 bits per heavy atom. The maximum Gasteiger partial charge on any atom is 0.258 e. The van der Waals surface area contributed by atoms with Gasteiger partial charge in [0.1, 0.15) is 17.6 Å². The molecule has 48 heavy (non-hydrogen) atoms. The van der Waals surface area contributed by atoms with Crippen LogP contribution in [0.15, 0.2) is 103 Å². The first-order chi connectivity index (χ1) is 22.9. The number of aryl methyl sites for hydroxylation is 2. The van der Waals surface area contributed by atoms with Crippen molar-refractivity contribution in [2.24, 2.45) is 5.92 Å². The SMILES string of the molecule is COc1ccc(C(=O)N(Cc2ccc(C)cc2)c2ccc3cc(OC4OC(C)(C)[C@H](C)[C@H](O)[C@@H]4O)ccc3c2)cc1-c1cccc(C)c1. The molecule has 1 unspecified atom stereocenters. The number of nitrogens with zero attached hydrogens (tertiary/aromatic N) is 1. The van der Waals surface area contributed by atoms with Crippen LogP contribution in [0.5, 0.6) is 11.5 Å². The fourth-order valence-corrected chi connectivity index (χ4v) is 6.22. The summed E-state index contributed by atoms with van der Waals surface area (Å²) in [6.07, 6.45) is -3.17. The summed E-state index contributed by atoms with van der Waals surface area (Å²) in [7, 11) is 1.64. The number of methoxy groups -OCH3 is 1. The summed E-state index contributed by atoms with van der Waals surface area (Å²) < 4.78 is 17.8. The average molecular weight is 646 g/mol. The number of carbonyl (C=O) groups excluding carboxylic acids is 1. The molecule has 1 saturated heterocycles. The molecule has 5 aromatic carbocycles. The maximum atomic E-state index is 14.4. The minimum absolute atomic E-state index is 0.134. The van der Waals surface area contributed by atoms with E-state index in [1.54, 1.807) is 12.0 Å². The van der Waals surface area contributed by atoms with E-state index >= 15 is 0 Å². The number of fused-ring (bicyclic) bond motifs is 1. The van der Waals surface area contributed by atoms with Gasteiger partial charge in [0.15, 0.2) is 0 Å². The Morgan fingerprint density at radius 2 is 1.56 bits per heavy atom. The first kappa shape index (κ1) is 33.2. The lowest BCUT2D eigenvalue weighted by Crippen LogP contribution is -2.59. The molecule has 0 saturated carbocycles. The lowest BCUT2D eigenvalue weighted by Gasteiger charge is -2.46. The van der Waals surface area contributed by atoms with Crippen molar-refractivity contribution < 1.29 is 29.2 Å². The van der Waals surface area contributed by atoms with Crippen LogP contribution in [-0.2, 0) is 11.3 Å². The van der Waals surface area contributed by atoms with Gasteiger partial charge in [0.05, 0.1) is 25.4 Å². The van der Waals surface area contributed by atoms with Crippen molar-refractivity contribution in [3.63, 3.8) is 0 Å². The zero-order valence-corrected chi connectivity index (χ0v) is 28.3. The summed E-state index contributed by atoms with van der Waals surface area (Å²) in [5.41, 5.74) is 5.74. The van der Waals surface area contributed by atoms with Gasteiger partial charge in [-0.15, -0.1) is 0 Å². The lowest BCUT2D eigenvalue weighted by molar-refractivity contribution is -0.284. The van der Waals surface area contributed by atoms with Gasteiger partial charge in [-0.1, -0.05) is 78.7 Å². The van der Waals surface area contributed by atoms with Crippen molar-refractivity contribution in [1.29, 1.82) is 0 Å². The lowest BCUT2D eigenvalue weighted by atomic mass is 9.82. The number of ether oxygens (including phenoxy) is 3. The Morgan fingerprint density at radius 1 is 0.833 bits per heavy atom. The number of rotatable bonds is 8. The van der Waals surface area contributed by atoms with Crippen LogP contribution in [0, 0.1) is 19.8 Å². The normalized spacial score (nSPS) is 20.3. The highest BCUT2D eigenvalue weighted by Crippen LogP contribution is 2.37. The minimum atomic E-state index is -1.18. The summed E-state index contributed by atoms with van der Waals surface area (Å²) in [6.45, 7) is 10.1. The van der Waals surface area contributed by atoms with E-state index in [0.29, 0.717) is 23.6 Å². The molecule has 4 atom stereocenters. The molecule has 1 aliphatic heterocycles. The standard InChI is InChI=1S/C41H43NO6/c1-25-10-12-28(13-11-25)24-42(39(45)32-16-19-36(46-6)35(23-32)31-9-7-8-26(2)20-31)33-17-14-30-22-34(18-15-29(30)21-33)47-40-38(44)37(43)27(3)41(4,5)48-40/h7-23,27,37-38,40,43-44H,24H2,1-6H3/t27-,37+,38+,40?/m1/s1. The number of aliphatic hydroxyl groups is 2. The van der Waals surface area contributed by atoms with E-state index in [0.717, 1.165) is 44.3 Å². The number of hydrogen-bond donors (Lipinski definition) is 2. The second-order valence-corrected chi connectivity index (χ2v) is 13.3. The molecular weight excluding hydrogens is 602 g/mol. The van der Waals surface area contributed by atoms with Crippen LogP contribution < -0.4 is 14.4 Å². The van der Waals surface area contributed by atoms with Gasteiger partial charge in [-0.2, -0.15) is 0 Å². The van der Waals surface area contributed by atoms with Crippen molar-refractivity contribution in [3.05, 3.63) is 125 Å². The monoisotopic (exact) mass is 645 g/mol. The number of benzene rings is 5. The molecule has 0 aromatic heterocycles. The molecule has 0 radical (unpaired) electrons. The average Bonchev–Trinajstić information content (AvgIpc) is 3.08. The van der Waals surface area contributed by atoms with E-state index in [9.17, 15) is 15.0 Å². The molecule has 0 spiro atoms. The van der Waals surface area contributed by atoms with Gasteiger partial charge in [0, 0.05) is 22.7 Å². The third kappa shape index (κ3) is 6.81. The van der Waals surface area contributed by atoms with Crippen molar-refractivity contribution in [3.8, 4) is 22.6 Å². The van der Waals surface area contributed by atoms with Gasteiger partial charge in [-0.25, -0.2) is 0 Å². The van der Waals surface area contributed by atoms with E-state index in [1.807, 2.05) is 120 Å². The van der Waals surface area contributed by atoms with Gasteiger partial charge >= 0.3 is 0 Å². The molecule has 1 fully saturated rings. The quantitative estimate of drug-likeness (QED) is 0.179. The second-order valence-electron chi connectivity index (χ2n) is 13.3. The molecule has 1 aliphatic rings. The molecule has 248 valence electrons. The van der Waals surface area contributed by atoms with Gasteiger partial charge in [0.2, 0.25) is 6.29 Å². The first-order valence-corrected chi connectivity index (χ1v) is 16.3. The highest BCUT2D eigenvalue weighted by molar-refractivity contribution is 6.08. The van der Waals surface area contributed by atoms with Crippen LogP contribution in [0.4, 0.5) is 5.69 Å². The zero-order valence-electron chi connectivity index (χ0n) is 28.3. The van der Waals surface area contributed by atoms with Gasteiger partial charge in [-0.3, -0.25) is 4.79 Å². The molecule has 0 bridgehead atoms. The third-order valence-electron chi connectivity index (χ3n) is 9.50. The summed E-state index contributed by atoms with van der Waals surface area (Å²) in [4.78, 5) is 16.2. The van der Waals surface area contributed by atoms with Crippen LogP contribution in [0.25, 0.3) is 21.9 Å². The zero-order chi connectivity index (χ0) is 34.2. The molecule has 7 heteroatoms. The molecule has 7 nitrogen and oxygen atoms in total. The highest BCUT2D eigenvalue weighted by Gasteiger charge is 2.47. The Kier molecular flexibility index (Phi) is 9.30. The number of anilines is 1. The summed E-state index contributed by atoms with van der Waals surface area (Å²) >= 11 is 0. The van der Waals surface area contributed by atoms with Gasteiger partial charge < -0.3 is 29.3 Å². The Labute approximate surface area is 282 Å². The van der Waals surface area contributed by atoms with Crippen LogP contribution >= 0.6 is 0 Å². The Balaban J connectivity index is 1.33. The fraction of sp³-hybridized carbons (Fsp3) is 0.293. The van der Waals surface area contributed by atoms with Crippen LogP contribution in [-0.4, -0.2) is 47.3 Å². The third-order valence-corrected chi connectivity index (χ3v) is 9.50. The summed E-state index contributed by atoms with van der Waals surface area (Å²) in [5, 5.41) is 23.1. The molecular formula is C41H43NO6. The van der Waals surface area contributed by atoms with Gasteiger partial charge in [-0.05, 0) is 92.1 Å². The van der Waals surface area contributed by atoms with Crippen LogP contribution in [0.2, 0.25) is 0 Å². The number of hydrogen-bond acceptors (Lipinski definition) is 6. The number of carbonyl (C=O) groups is 1. The highest BCUT2D eigenvalue weighted by atomic mass is 16.7. The number of amides is 1. The Hall–Kier alpha value is -4.69. The van der Waals surface area contributed by atoms with Crippen molar-refractivity contribution in [2.45, 2.75) is 65.3 Å². The van der Waals surface area contributed by atoms with E-state index in [4.69, 9.17) is 14.2 Å². The molecule has 1 amide bonds. The van der Waals surface area contributed by atoms with Gasteiger partial charge in [0.25, 0.3) is 5.91 Å². The second kappa shape index (κ2) is 13.4. The predicted molar refractivity (Wildman–Crippen MR) is 190 cm³/mol. The maximum absolute atomic E-state index is 14.4. The predicted octanol–water partition coefficient (Wildman–Crippen LogP) is 7.85. The Bertz CT molecular complexity index is 1930. The molecule has 2 N–H and O–H groups in total. The number of aliphatic hydroxyl groups excluding tert-OH is 2. The van der Waals surface area contributed by atoms with Crippen LogP contribution in [0.1, 0.15) is 47.8 Å². The molecule has 0 aliphatic carbocycles. The van der Waals surface area contributed by atoms with E-state index in [1.165, 1.54) is 0 Å². The molecule has 1 heterocycles.